The number of hydrogen-bond acceptors (Lipinski definition) is 3. The van der Waals surface area contributed by atoms with Gasteiger partial charge in [0.05, 0.1) is 18.8 Å². The number of carbonyl (C=O) groups excluding carboxylic acids is 1. The van der Waals surface area contributed by atoms with Gasteiger partial charge in [-0.3, -0.25) is 9.48 Å². The number of nitrogens with zero attached hydrogens (tertiary/aromatic N) is 2. The Labute approximate surface area is 135 Å². The molecule has 124 valence electrons. The van der Waals surface area contributed by atoms with Crippen LogP contribution in [0.3, 0.4) is 0 Å². The Morgan fingerprint density at radius 2 is 2.04 bits per heavy atom. The summed E-state index contributed by atoms with van der Waals surface area (Å²) in [5.41, 5.74) is 3.42. The molecule has 23 heavy (non-hydrogen) atoms. The second kappa shape index (κ2) is 7.37. The molecule has 1 heterocycles. The van der Waals surface area contributed by atoms with Gasteiger partial charge in [-0.05, 0) is 57.5 Å². The molecule has 2 aromatic rings. The minimum atomic E-state index is -0.308. The minimum Gasteiger partial charge on any atom is -0.325 e. The van der Waals surface area contributed by atoms with Gasteiger partial charge in [-0.1, -0.05) is 0 Å². The van der Waals surface area contributed by atoms with Crippen LogP contribution in [0, 0.1) is 26.6 Å². The number of aryl methyl sites for hydroxylation is 3. The number of aromatic nitrogens is 2. The highest BCUT2D eigenvalue weighted by molar-refractivity contribution is 5.92. The first-order chi connectivity index (χ1) is 10.8. The molecule has 2 N–H and O–H groups in total. The van der Waals surface area contributed by atoms with Gasteiger partial charge in [-0.15, -0.1) is 0 Å². The maximum atomic E-state index is 13.0. The Morgan fingerprint density at radius 3 is 2.65 bits per heavy atom. The van der Waals surface area contributed by atoms with Crippen molar-refractivity contribution >= 4 is 11.6 Å². The van der Waals surface area contributed by atoms with Crippen LogP contribution in [0.25, 0.3) is 0 Å². The molecule has 1 atom stereocenters. The van der Waals surface area contributed by atoms with E-state index in [4.69, 9.17) is 0 Å². The molecule has 1 aromatic heterocycles. The van der Waals surface area contributed by atoms with Gasteiger partial charge < -0.3 is 10.6 Å². The van der Waals surface area contributed by atoms with Gasteiger partial charge in [0.15, 0.2) is 0 Å². The van der Waals surface area contributed by atoms with E-state index >= 15 is 0 Å². The van der Waals surface area contributed by atoms with E-state index < -0.39 is 0 Å². The second-order valence-corrected chi connectivity index (χ2v) is 5.90. The summed E-state index contributed by atoms with van der Waals surface area (Å²) in [7, 11) is 0. The number of hydrogen-bond donors (Lipinski definition) is 2. The molecule has 0 unspecified atom stereocenters. The summed E-state index contributed by atoms with van der Waals surface area (Å²) in [6.07, 6.45) is 0. The molecule has 0 spiro atoms. The third kappa shape index (κ3) is 4.89. The van der Waals surface area contributed by atoms with E-state index in [1.807, 2.05) is 31.5 Å². The standard InChI is InChI=1S/C17H23FN4O/c1-11-7-15(18)5-6-16(11)20-17(23)9-19-13(3)10-22-14(4)8-12(2)21-22/h5-8,13,19H,9-10H2,1-4H3,(H,20,23)/t13-/m0/s1. The average molecular weight is 318 g/mol. The third-order valence-electron chi connectivity index (χ3n) is 3.62. The smallest absolute Gasteiger partial charge is 0.238 e. The van der Waals surface area contributed by atoms with Crippen LogP contribution in [0.4, 0.5) is 10.1 Å². The molecular formula is C17H23FN4O. The monoisotopic (exact) mass is 318 g/mol. The topological polar surface area (TPSA) is 59.0 Å². The molecule has 6 heteroatoms. The van der Waals surface area contributed by atoms with Crippen LogP contribution >= 0.6 is 0 Å². The van der Waals surface area contributed by atoms with Crippen LogP contribution in [-0.4, -0.2) is 28.3 Å². The molecule has 0 saturated heterocycles. The van der Waals surface area contributed by atoms with Gasteiger partial charge in [0.25, 0.3) is 0 Å². The number of nitrogens with one attached hydrogen (secondary N) is 2. The van der Waals surface area contributed by atoms with Gasteiger partial charge in [0.2, 0.25) is 5.91 Å². The first-order valence-electron chi connectivity index (χ1n) is 7.65. The van der Waals surface area contributed by atoms with E-state index in [-0.39, 0.29) is 24.3 Å². The fourth-order valence-corrected chi connectivity index (χ4v) is 2.41. The van der Waals surface area contributed by atoms with Crippen molar-refractivity contribution < 1.29 is 9.18 Å². The van der Waals surface area contributed by atoms with Crippen molar-refractivity contribution in [2.45, 2.75) is 40.3 Å². The van der Waals surface area contributed by atoms with Crippen molar-refractivity contribution in [1.82, 2.24) is 15.1 Å². The molecule has 0 radical (unpaired) electrons. The zero-order chi connectivity index (χ0) is 17.0. The minimum absolute atomic E-state index is 0.105. The van der Waals surface area contributed by atoms with E-state index in [0.29, 0.717) is 17.8 Å². The predicted octanol–water partition coefficient (Wildman–Crippen LogP) is 2.56. The number of carbonyl (C=O) groups is 1. The Hall–Kier alpha value is -2.21. The summed E-state index contributed by atoms with van der Waals surface area (Å²) < 4.78 is 15.0. The van der Waals surface area contributed by atoms with Crippen molar-refractivity contribution in [3.63, 3.8) is 0 Å². The quantitative estimate of drug-likeness (QED) is 0.860. The molecular weight excluding hydrogens is 295 g/mol. The molecule has 0 bridgehead atoms. The highest BCUT2D eigenvalue weighted by atomic mass is 19.1. The highest BCUT2D eigenvalue weighted by Gasteiger charge is 2.10. The Bertz CT molecular complexity index is 696. The summed E-state index contributed by atoms with van der Waals surface area (Å²) in [4.78, 5) is 12.0. The SMILES string of the molecule is Cc1cc(C)n(C[C@H](C)NCC(=O)Nc2ccc(F)cc2C)n1. The van der Waals surface area contributed by atoms with E-state index in [0.717, 1.165) is 11.4 Å². The zero-order valence-electron chi connectivity index (χ0n) is 14.0. The molecule has 0 saturated carbocycles. The van der Waals surface area contributed by atoms with Gasteiger partial charge in [-0.2, -0.15) is 5.10 Å². The molecule has 0 aliphatic heterocycles. The van der Waals surface area contributed by atoms with Gasteiger partial charge in [-0.25, -0.2) is 4.39 Å². The Morgan fingerprint density at radius 1 is 1.30 bits per heavy atom. The van der Waals surface area contributed by atoms with Crippen LogP contribution < -0.4 is 10.6 Å². The molecule has 5 nitrogen and oxygen atoms in total. The number of amides is 1. The molecule has 1 aromatic carbocycles. The number of anilines is 1. The first kappa shape index (κ1) is 17.1. The Kier molecular flexibility index (Phi) is 5.50. The van der Waals surface area contributed by atoms with Crippen LogP contribution in [0.2, 0.25) is 0 Å². The summed E-state index contributed by atoms with van der Waals surface area (Å²) in [5, 5.41) is 10.4. The van der Waals surface area contributed by atoms with Crippen LogP contribution in [0.15, 0.2) is 24.3 Å². The van der Waals surface area contributed by atoms with Gasteiger partial charge in [0.1, 0.15) is 5.82 Å². The van der Waals surface area contributed by atoms with Crippen LogP contribution in [-0.2, 0) is 11.3 Å². The van der Waals surface area contributed by atoms with E-state index in [2.05, 4.69) is 15.7 Å². The van der Waals surface area contributed by atoms with Crippen molar-refractivity contribution in [3.05, 3.63) is 47.0 Å². The zero-order valence-corrected chi connectivity index (χ0v) is 14.0. The maximum Gasteiger partial charge on any atom is 0.238 e. The molecule has 0 aliphatic carbocycles. The van der Waals surface area contributed by atoms with Crippen molar-refractivity contribution in [2.75, 3.05) is 11.9 Å². The number of rotatable bonds is 6. The molecule has 0 aliphatic rings. The maximum absolute atomic E-state index is 13.0. The second-order valence-electron chi connectivity index (χ2n) is 5.90. The average Bonchev–Trinajstić information content (AvgIpc) is 2.78. The number of halogens is 1. The fourth-order valence-electron chi connectivity index (χ4n) is 2.41. The first-order valence-corrected chi connectivity index (χ1v) is 7.65. The number of benzene rings is 1. The summed E-state index contributed by atoms with van der Waals surface area (Å²) in [5.74, 6) is -0.461. The fraction of sp³-hybridized carbons (Fsp3) is 0.412. The lowest BCUT2D eigenvalue weighted by atomic mass is 10.2. The molecule has 2 rings (SSSR count). The lowest BCUT2D eigenvalue weighted by Crippen LogP contribution is -2.37. The predicted molar refractivity (Wildman–Crippen MR) is 88.9 cm³/mol. The lowest BCUT2D eigenvalue weighted by molar-refractivity contribution is -0.115. The van der Waals surface area contributed by atoms with E-state index in [1.165, 1.54) is 12.1 Å². The third-order valence-corrected chi connectivity index (χ3v) is 3.62. The normalized spacial score (nSPS) is 12.2. The van der Waals surface area contributed by atoms with Gasteiger partial charge in [0, 0.05) is 17.4 Å². The van der Waals surface area contributed by atoms with Crippen molar-refractivity contribution in [1.29, 1.82) is 0 Å². The van der Waals surface area contributed by atoms with Crippen molar-refractivity contribution in [2.24, 2.45) is 0 Å². The Balaban J connectivity index is 1.83. The van der Waals surface area contributed by atoms with Crippen LogP contribution in [0.1, 0.15) is 23.9 Å². The summed E-state index contributed by atoms with van der Waals surface area (Å²) in [6, 6.07) is 6.43. The lowest BCUT2D eigenvalue weighted by Gasteiger charge is -2.15. The summed E-state index contributed by atoms with van der Waals surface area (Å²) >= 11 is 0. The molecule has 0 fully saturated rings. The van der Waals surface area contributed by atoms with Crippen molar-refractivity contribution in [3.8, 4) is 0 Å². The molecule has 1 amide bonds. The highest BCUT2D eigenvalue weighted by Crippen LogP contribution is 2.15. The summed E-state index contributed by atoms with van der Waals surface area (Å²) in [6.45, 7) is 8.63. The van der Waals surface area contributed by atoms with E-state index in [9.17, 15) is 9.18 Å². The van der Waals surface area contributed by atoms with Crippen LogP contribution in [0.5, 0.6) is 0 Å². The van der Waals surface area contributed by atoms with E-state index in [1.54, 1.807) is 13.0 Å². The van der Waals surface area contributed by atoms with Gasteiger partial charge >= 0.3 is 0 Å². The largest absolute Gasteiger partial charge is 0.325 e.